The summed E-state index contributed by atoms with van der Waals surface area (Å²) in [7, 11) is -4.33. The molecule has 3 aromatic rings. The van der Waals surface area contributed by atoms with Crippen molar-refractivity contribution in [2.45, 2.75) is 36.3 Å². The minimum Gasteiger partial charge on any atom is -0.349 e. The molecule has 2 aromatic heterocycles. The quantitative estimate of drug-likeness (QED) is 0.376. The standard InChI is InChI=1S/C23H18F6N4O3S/c24-15-2-4-18(5-3-15)37(35,36)33-12-16(25)9-19(33)22(34)31-11-17-7-14(8-21(26)32-17)13-1-6-20(30-10-13)23(27,28)29/h1-8,10,16,19H,9,11-12H2,(H,31,34)/t16-,19+/m1/s1. The molecule has 0 radical (unpaired) electrons. The summed E-state index contributed by atoms with van der Waals surface area (Å²) < 4.78 is 106. The van der Waals surface area contributed by atoms with Crippen LogP contribution in [0.15, 0.2) is 59.6 Å². The Kier molecular flexibility index (Phi) is 7.24. The maximum Gasteiger partial charge on any atom is 0.433 e. The van der Waals surface area contributed by atoms with Gasteiger partial charge in [-0.3, -0.25) is 9.78 Å². The first-order valence-corrected chi connectivity index (χ1v) is 12.2. The van der Waals surface area contributed by atoms with E-state index in [1.807, 2.05) is 0 Å². The molecule has 14 heteroatoms. The highest BCUT2D eigenvalue weighted by Gasteiger charge is 2.44. The molecule has 1 aliphatic heterocycles. The number of aromatic nitrogens is 2. The highest BCUT2D eigenvalue weighted by molar-refractivity contribution is 7.89. The molecule has 196 valence electrons. The Balaban J connectivity index is 1.50. The Morgan fingerprint density at radius 1 is 1.05 bits per heavy atom. The number of carbonyl (C=O) groups is 1. The number of hydrogen-bond acceptors (Lipinski definition) is 5. The highest BCUT2D eigenvalue weighted by atomic mass is 32.2. The molecular weight excluding hydrogens is 526 g/mol. The van der Waals surface area contributed by atoms with Crippen LogP contribution < -0.4 is 5.32 Å². The van der Waals surface area contributed by atoms with Crippen molar-refractivity contribution < 1.29 is 39.6 Å². The summed E-state index contributed by atoms with van der Waals surface area (Å²) in [6.45, 7) is -0.962. The Bertz CT molecular complexity index is 1400. The Morgan fingerprint density at radius 3 is 2.38 bits per heavy atom. The van der Waals surface area contributed by atoms with Crippen molar-refractivity contribution in [2.24, 2.45) is 0 Å². The molecule has 0 aliphatic carbocycles. The molecule has 37 heavy (non-hydrogen) atoms. The lowest BCUT2D eigenvalue weighted by Crippen LogP contribution is -2.45. The lowest BCUT2D eigenvalue weighted by atomic mass is 10.1. The fourth-order valence-corrected chi connectivity index (χ4v) is 5.46. The maximum absolute atomic E-state index is 14.2. The van der Waals surface area contributed by atoms with Crippen molar-refractivity contribution in [2.75, 3.05) is 6.54 Å². The van der Waals surface area contributed by atoms with Gasteiger partial charge in [-0.15, -0.1) is 0 Å². The van der Waals surface area contributed by atoms with Crippen molar-refractivity contribution in [3.8, 4) is 11.1 Å². The fraction of sp³-hybridized carbons (Fsp3) is 0.261. The molecule has 1 amide bonds. The van der Waals surface area contributed by atoms with Crippen LogP contribution in [0.25, 0.3) is 11.1 Å². The fourth-order valence-electron chi connectivity index (χ4n) is 3.84. The first-order valence-electron chi connectivity index (χ1n) is 10.7. The first-order chi connectivity index (χ1) is 17.3. The third-order valence-corrected chi connectivity index (χ3v) is 7.49. The van der Waals surface area contributed by atoms with Crippen molar-refractivity contribution in [1.82, 2.24) is 19.6 Å². The number of alkyl halides is 4. The smallest absolute Gasteiger partial charge is 0.349 e. The van der Waals surface area contributed by atoms with Crippen LogP contribution in [0.3, 0.4) is 0 Å². The summed E-state index contributed by atoms with van der Waals surface area (Å²) >= 11 is 0. The second kappa shape index (κ2) is 10.1. The van der Waals surface area contributed by atoms with Crippen LogP contribution in [0.4, 0.5) is 26.3 Å². The van der Waals surface area contributed by atoms with Gasteiger partial charge in [0.05, 0.1) is 17.1 Å². The Labute approximate surface area is 207 Å². The van der Waals surface area contributed by atoms with Crippen LogP contribution in [0.1, 0.15) is 17.8 Å². The largest absolute Gasteiger partial charge is 0.433 e. The van der Waals surface area contributed by atoms with Gasteiger partial charge in [0.15, 0.2) is 0 Å². The zero-order chi connectivity index (χ0) is 27.0. The van der Waals surface area contributed by atoms with Gasteiger partial charge < -0.3 is 5.32 Å². The van der Waals surface area contributed by atoms with E-state index in [1.165, 1.54) is 6.07 Å². The van der Waals surface area contributed by atoms with Crippen LogP contribution in [0.2, 0.25) is 0 Å². The molecule has 0 bridgehead atoms. The number of sulfonamides is 1. The van der Waals surface area contributed by atoms with E-state index in [0.717, 1.165) is 48.7 Å². The van der Waals surface area contributed by atoms with E-state index in [9.17, 15) is 39.6 Å². The van der Waals surface area contributed by atoms with E-state index in [2.05, 4.69) is 15.3 Å². The normalized spacial score (nSPS) is 18.6. The van der Waals surface area contributed by atoms with Gasteiger partial charge in [-0.1, -0.05) is 6.07 Å². The number of nitrogens with one attached hydrogen (secondary N) is 1. The number of pyridine rings is 2. The van der Waals surface area contributed by atoms with Gasteiger partial charge >= 0.3 is 6.18 Å². The molecule has 1 aromatic carbocycles. The highest BCUT2D eigenvalue weighted by Crippen LogP contribution is 2.30. The van der Waals surface area contributed by atoms with Crippen molar-refractivity contribution in [1.29, 1.82) is 0 Å². The summed E-state index contributed by atoms with van der Waals surface area (Å²) in [5.74, 6) is -2.52. The monoisotopic (exact) mass is 544 g/mol. The Morgan fingerprint density at radius 2 is 1.76 bits per heavy atom. The third kappa shape index (κ3) is 5.91. The predicted molar refractivity (Wildman–Crippen MR) is 118 cm³/mol. The second-order valence-electron chi connectivity index (χ2n) is 8.19. The van der Waals surface area contributed by atoms with Crippen LogP contribution in [0, 0.1) is 11.8 Å². The topological polar surface area (TPSA) is 92.3 Å². The van der Waals surface area contributed by atoms with Gasteiger partial charge in [0.1, 0.15) is 23.7 Å². The summed E-state index contributed by atoms with van der Waals surface area (Å²) in [5.41, 5.74) is -0.843. The van der Waals surface area contributed by atoms with Gasteiger partial charge in [-0.25, -0.2) is 22.2 Å². The van der Waals surface area contributed by atoms with Crippen LogP contribution in [-0.2, 0) is 27.5 Å². The molecule has 1 fully saturated rings. The molecule has 2 atom stereocenters. The number of amides is 1. The summed E-state index contributed by atoms with van der Waals surface area (Å²) in [4.78, 5) is 19.4. The lowest BCUT2D eigenvalue weighted by molar-refractivity contribution is -0.141. The summed E-state index contributed by atoms with van der Waals surface area (Å²) in [5, 5.41) is 2.39. The number of rotatable bonds is 6. The summed E-state index contributed by atoms with van der Waals surface area (Å²) in [6, 6.07) is 6.54. The SMILES string of the molecule is O=C(NCc1cc(-c2ccc(C(F)(F)F)nc2)cc(F)n1)[C@@H]1C[C@@H](F)CN1S(=O)(=O)c1ccc(F)cc1. The molecule has 1 aliphatic rings. The second-order valence-corrected chi connectivity index (χ2v) is 10.1. The van der Waals surface area contributed by atoms with Gasteiger partial charge in [-0.2, -0.15) is 21.9 Å². The first kappa shape index (κ1) is 26.5. The molecule has 7 nitrogen and oxygen atoms in total. The van der Waals surface area contributed by atoms with Crippen molar-refractivity contribution in [3.05, 3.63) is 77.9 Å². The molecule has 0 saturated carbocycles. The number of carbonyl (C=O) groups excluding carboxylic acids is 1. The third-order valence-electron chi connectivity index (χ3n) is 5.61. The molecule has 4 rings (SSSR count). The zero-order valence-corrected chi connectivity index (χ0v) is 19.5. The minimum atomic E-state index is -4.64. The van der Waals surface area contributed by atoms with E-state index >= 15 is 0 Å². The van der Waals surface area contributed by atoms with Crippen LogP contribution in [-0.4, -0.2) is 47.4 Å². The van der Waals surface area contributed by atoms with E-state index in [4.69, 9.17) is 0 Å². The predicted octanol–water partition coefficient (Wildman–Crippen LogP) is 3.86. The van der Waals surface area contributed by atoms with Crippen molar-refractivity contribution >= 4 is 15.9 Å². The van der Waals surface area contributed by atoms with Gasteiger partial charge in [0.25, 0.3) is 0 Å². The van der Waals surface area contributed by atoms with E-state index in [0.29, 0.717) is 4.31 Å². The average molecular weight is 544 g/mol. The molecule has 1 saturated heterocycles. The van der Waals surface area contributed by atoms with E-state index in [1.54, 1.807) is 0 Å². The molecule has 0 spiro atoms. The van der Waals surface area contributed by atoms with Crippen LogP contribution >= 0.6 is 0 Å². The number of halogens is 6. The zero-order valence-electron chi connectivity index (χ0n) is 18.7. The number of benzene rings is 1. The van der Waals surface area contributed by atoms with Crippen LogP contribution in [0.5, 0.6) is 0 Å². The van der Waals surface area contributed by atoms with Gasteiger partial charge in [0, 0.05) is 30.8 Å². The minimum absolute atomic E-state index is 0.0222. The molecule has 3 heterocycles. The number of hydrogen-bond donors (Lipinski definition) is 1. The molecule has 1 N–H and O–H groups in total. The lowest BCUT2D eigenvalue weighted by Gasteiger charge is -2.23. The Hall–Kier alpha value is -3.52. The van der Waals surface area contributed by atoms with Crippen molar-refractivity contribution in [3.63, 3.8) is 0 Å². The average Bonchev–Trinajstić information content (AvgIpc) is 3.25. The molecule has 0 unspecified atom stereocenters. The van der Waals surface area contributed by atoms with E-state index < -0.39 is 64.7 Å². The van der Waals surface area contributed by atoms with Gasteiger partial charge in [0.2, 0.25) is 21.9 Å². The maximum atomic E-state index is 14.2. The van der Waals surface area contributed by atoms with Gasteiger partial charge in [-0.05, 0) is 42.0 Å². The number of nitrogens with zero attached hydrogens (tertiary/aromatic N) is 3. The molecular formula is C23H18F6N4O3S. The van der Waals surface area contributed by atoms with E-state index in [-0.39, 0.29) is 28.3 Å². The summed E-state index contributed by atoms with van der Waals surface area (Å²) in [6.07, 6.45) is -5.78.